The predicted molar refractivity (Wildman–Crippen MR) is 71.5 cm³/mol. The third-order valence-electron chi connectivity index (χ3n) is 2.57. The minimum atomic E-state index is -0.468. The summed E-state index contributed by atoms with van der Waals surface area (Å²) in [6.45, 7) is 0.348. The highest BCUT2D eigenvalue weighted by atomic mass is 35.5. The molecule has 0 aliphatic heterocycles. The van der Waals surface area contributed by atoms with Crippen molar-refractivity contribution in [3.8, 4) is 11.8 Å². The van der Waals surface area contributed by atoms with Gasteiger partial charge >= 0.3 is 0 Å². The summed E-state index contributed by atoms with van der Waals surface area (Å²) in [6, 6.07) is 13.9. The topological polar surface area (TPSA) is 33.0 Å². The van der Waals surface area contributed by atoms with Crippen LogP contribution in [0.5, 0.6) is 5.75 Å². The van der Waals surface area contributed by atoms with Crippen LogP contribution in [0.4, 0.5) is 4.39 Å². The molecule has 4 heteroatoms. The largest absolute Gasteiger partial charge is 0.489 e. The number of ether oxygens (including phenoxy) is 1. The summed E-state index contributed by atoms with van der Waals surface area (Å²) in [7, 11) is 0. The molecular formula is C15H11ClFNO. The standard InChI is InChI=1S/C15H11ClFNO/c16-14-9-13(4-5-15(14)17)19-10-12-3-1-2-11(8-12)6-7-18/h1-5,8-9H,6,10H2. The van der Waals surface area contributed by atoms with Crippen LogP contribution in [0.3, 0.4) is 0 Å². The van der Waals surface area contributed by atoms with Gasteiger partial charge in [-0.2, -0.15) is 5.26 Å². The minimum Gasteiger partial charge on any atom is -0.489 e. The van der Waals surface area contributed by atoms with Crippen molar-refractivity contribution in [1.82, 2.24) is 0 Å². The molecule has 0 saturated carbocycles. The van der Waals surface area contributed by atoms with E-state index in [1.165, 1.54) is 18.2 Å². The third-order valence-corrected chi connectivity index (χ3v) is 2.86. The average Bonchev–Trinajstić information content (AvgIpc) is 2.41. The van der Waals surface area contributed by atoms with Crippen LogP contribution in [0.2, 0.25) is 5.02 Å². The summed E-state index contributed by atoms with van der Waals surface area (Å²) in [5.41, 5.74) is 1.90. The lowest BCUT2D eigenvalue weighted by atomic mass is 10.1. The van der Waals surface area contributed by atoms with Gasteiger partial charge in [0.05, 0.1) is 17.5 Å². The molecule has 0 aliphatic rings. The molecule has 0 radical (unpaired) electrons. The zero-order valence-electron chi connectivity index (χ0n) is 10.1. The Bertz CT molecular complexity index is 622. The first-order chi connectivity index (χ1) is 9.19. The number of halogens is 2. The lowest BCUT2D eigenvalue weighted by Gasteiger charge is -2.07. The van der Waals surface area contributed by atoms with Crippen molar-refractivity contribution < 1.29 is 9.13 Å². The maximum Gasteiger partial charge on any atom is 0.142 e. The summed E-state index contributed by atoms with van der Waals surface area (Å²) in [4.78, 5) is 0. The molecule has 0 unspecified atom stereocenters. The molecule has 19 heavy (non-hydrogen) atoms. The molecule has 0 aliphatic carbocycles. The zero-order chi connectivity index (χ0) is 13.7. The molecule has 0 atom stereocenters. The molecule has 2 rings (SSSR count). The minimum absolute atomic E-state index is 0.0377. The molecule has 0 amide bonds. The van der Waals surface area contributed by atoms with Crippen LogP contribution in [0.25, 0.3) is 0 Å². The van der Waals surface area contributed by atoms with E-state index in [1.54, 1.807) is 0 Å². The highest BCUT2D eigenvalue weighted by Crippen LogP contribution is 2.22. The Kier molecular flexibility index (Phi) is 4.38. The Labute approximate surface area is 116 Å². The van der Waals surface area contributed by atoms with Crippen LogP contribution in [0, 0.1) is 17.1 Å². The Morgan fingerprint density at radius 2 is 1.95 bits per heavy atom. The van der Waals surface area contributed by atoms with Gasteiger partial charge in [0.25, 0.3) is 0 Å². The molecular weight excluding hydrogens is 265 g/mol. The highest BCUT2D eigenvalue weighted by Gasteiger charge is 2.02. The highest BCUT2D eigenvalue weighted by molar-refractivity contribution is 6.30. The van der Waals surface area contributed by atoms with Gasteiger partial charge in [-0.05, 0) is 23.3 Å². The van der Waals surface area contributed by atoms with Gasteiger partial charge in [-0.1, -0.05) is 35.9 Å². The van der Waals surface area contributed by atoms with Gasteiger partial charge in [-0.3, -0.25) is 0 Å². The second-order valence-electron chi connectivity index (χ2n) is 4.02. The van der Waals surface area contributed by atoms with Crippen molar-refractivity contribution in [2.45, 2.75) is 13.0 Å². The average molecular weight is 276 g/mol. The first kappa shape index (κ1) is 13.4. The number of nitriles is 1. The van der Waals surface area contributed by atoms with Crippen molar-refractivity contribution in [1.29, 1.82) is 5.26 Å². The fourth-order valence-corrected chi connectivity index (χ4v) is 1.82. The first-order valence-corrected chi connectivity index (χ1v) is 6.09. The maximum atomic E-state index is 13.0. The Balaban J connectivity index is 2.04. The SMILES string of the molecule is N#CCc1cccc(COc2ccc(F)c(Cl)c2)c1. The quantitative estimate of drug-likeness (QED) is 0.841. The van der Waals surface area contributed by atoms with Crippen LogP contribution >= 0.6 is 11.6 Å². The van der Waals surface area contributed by atoms with Gasteiger partial charge in [0.1, 0.15) is 18.2 Å². The fraction of sp³-hybridized carbons (Fsp3) is 0.133. The normalized spacial score (nSPS) is 9.95. The van der Waals surface area contributed by atoms with E-state index in [4.69, 9.17) is 21.6 Å². The molecule has 0 fully saturated rings. The zero-order valence-corrected chi connectivity index (χ0v) is 10.8. The predicted octanol–water partition coefficient (Wildman–Crippen LogP) is 4.12. The molecule has 0 N–H and O–H groups in total. The summed E-state index contributed by atoms with van der Waals surface area (Å²) in [6.07, 6.45) is 0.371. The fourth-order valence-electron chi connectivity index (χ4n) is 1.65. The number of rotatable bonds is 4. The number of hydrogen-bond donors (Lipinski definition) is 0. The molecule has 2 nitrogen and oxygen atoms in total. The maximum absolute atomic E-state index is 13.0. The van der Waals surface area contributed by atoms with Gasteiger partial charge in [0, 0.05) is 6.07 Å². The molecule has 0 spiro atoms. The van der Waals surface area contributed by atoms with Crippen molar-refractivity contribution in [3.05, 3.63) is 64.4 Å². The lowest BCUT2D eigenvalue weighted by Crippen LogP contribution is -1.96. The van der Waals surface area contributed by atoms with Crippen LogP contribution in [0.1, 0.15) is 11.1 Å². The smallest absolute Gasteiger partial charge is 0.142 e. The van der Waals surface area contributed by atoms with E-state index in [0.29, 0.717) is 18.8 Å². The van der Waals surface area contributed by atoms with Gasteiger partial charge < -0.3 is 4.74 Å². The first-order valence-electron chi connectivity index (χ1n) is 5.71. The van der Waals surface area contributed by atoms with Gasteiger partial charge in [-0.25, -0.2) is 4.39 Å². The number of nitrogens with zero attached hydrogens (tertiary/aromatic N) is 1. The van der Waals surface area contributed by atoms with E-state index < -0.39 is 5.82 Å². The number of hydrogen-bond acceptors (Lipinski definition) is 2. The monoisotopic (exact) mass is 275 g/mol. The lowest BCUT2D eigenvalue weighted by molar-refractivity contribution is 0.305. The molecule has 0 aromatic heterocycles. The Morgan fingerprint density at radius 3 is 2.68 bits per heavy atom. The molecule has 96 valence electrons. The second kappa shape index (κ2) is 6.21. The molecule has 2 aromatic carbocycles. The summed E-state index contributed by atoms with van der Waals surface area (Å²) < 4.78 is 18.5. The van der Waals surface area contributed by atoms with E-state index >= 15 is 0 Å². The van der Waals surface area contributed by atoms with E-state index in [2.05, 4.69) is 6.07 Å². The summed E-state index contributed by atoms with van der Waals surface area (Å²) in [5.74, 6) is 0.0436. The van der Waals surface area contributed by atoms with E-state index in [1.807, 2.05) is 24.3 Å². The van der Waals surface area contributed by atoms with Gasteiger partial charge in [-0.15, -0.1) is 0 Å². The third kappa shape index (κ3) is 3.70. The van der Waals surface area contributed by atoms with Crippen molar-refractivity contribution in [2.75, 3.05) is 0 Å². The van der Waals surface area contributed by atoms with Crippen LogP contribution in [0.15, 0.2) is 42.5 Å². The Hall–Kier alpha value is -2.05. The molecule has 0 saturated heterocycles. The van der Waals surface area contributed by atoms with Crippen molar-refractivity contribution in [3.63, 3.8) is 0 Å². The van der Waals surface area contributed by atoms with Crippen LogP contribution < -0.4 is 4.74 Å². The van der Waals surface area contributed by atoms with E-state index in [0.717, 1.165) is 11.1 Å². The van der Waals surface area contributed by atoms with Crippen molar-refractivity contribution in [2.24, 2.45) is 0 Å². The Morgan fingerprint density at radius 1 is 1.16 bits per heavy atom. The van der Waals surface area contributed by atoms with Gasteiger partial charge in [0.15, 0.2) is 0 Å². The van der Waals surface area contributed by atoms with E-state index in [9.17, 15) is 4.39 Å². The number of benzene rings is 2. The molecule has 2 aromatic rings. The molecule has 0 bridgehead atoms. The second-order valence-corrected chi connectivity index (χ2v) is 4.43. The van der Waals surface area contributed by atoms with E-state index in [-0.39, 0.29) is 5.02 Å². The summed E-state index contributed by atoms with van der Waals surface area (Å²) >= 11 is 5.67. The molecule has 0 heterocycles. The summed E-state index contributed by atoms with van der Waals surface area (Å²) in [5, 5.41) is 8.68. The van der Waals surface area contributed by atoms with Crippen LogP contribution in [-0.2, 0) is 13.0 Å². The van der Waals surface area contributed by atoms with Crippen molar-refractivity contribution >= 4 is 11.6 Å². The van der Waals surface area contributed by atoms with Gasteiger partial charge in [0.2, 0.25) is 0 Å². The van der Waals surface area contributed by atoms with Crippen LogP contribution in [-0.4, -0.2) is 0 Å².